The van der Waals surface area contributed by atoms with Gasteiger partial charge in [-0.2, -0.15) is 0 Å². The van der Waals surface area contributed by atoms with E-state index >= 15 is 0 Å². The molecule has 3 atom stereocenters. The third-order valence-electron chi connectivity index (χ3n) is 4.00. The van der Waals surface area contributed by atoms with Gasteiger partial charge in [0.2, 0.25) is 0 Å². The number of nitrogens with one attached hydrogen (secondary N) is 1. The van der Waals surface area contributed by atoms with E-state index in [9.17, 15) is 14.7 Å². The molecule has 1 aliphatic heterocycles. The number of nitrogens with zero attached hydrogens (tertiary/aromatic N) is 2. The molecule has 1 heterocycles. The molecule has 0 spiro atoms. The number of anilines is 1. The van der Waals surface area contributed by atoms with Crippen molar-refractivity contribution >= 4 is 43.5 Å². The van der Waals surface area contributed by atoms with E-state index in [1.54, 1.807) is 6.07 Å². The predicted molar refractivity (Wildman–Crippen MR) is 78.0 cm³/mol. The molecular weight excluding hydrogens is 337 g/mol. The van der Waals surface area contributed by atoms with Crippen LogP contribution in [0.15, 0.2) is 26.1 Å². The number of amides is 1. The Morgan fingerprint density at radius 2 is 2.05 bits per heavy atom. The molecule has 7 heteroatoms. The van der Waals surface area contributed by atoms with E-state index in [0.717, 1.165) is 5.69 Å². The molecule has 1 amide bonds. The molecule has 1 fully saturated rings. The van der Waals surface area contributed by atoms with E-state index in [4.69, 9.17) is 0 Å². The van der Waals surface area contributed by atoms with Gasteiger partial charge in [-0.15, -0.1) is 0 Å². The average molecular weight is 352 g/mol. The summed E-state index contributed by atoms with van der Waals surface area (Å²) in [5, 5.41) is 12.1. The molecule has 1 saturated carbocycles. The van der Waals surface area contributed by atoms with Gasteiger partial charge in [0.25, 0.3) is 0 Å². The predicted octanol–water partition coefficient (Wildman–Crippen LogP) is 2.72. The van der Waals surface area contributed by atoms with Crippen LogP contribution in [0.2, 0.25) is 0 Å². The number of carboxylic acids is 1. The molecule has 1 aliphatic carbocycles. The summed E-state index contributed by atoms with van der Waals surface area (Å²) in [4.78, 5) is 23.7. The van der Waals surface area contributed by atoms with Crippen LogP contribution < -0.4 is 5.32 Å². The van der Waals surface area contributed by atoms with Gasteiger partial charge in [0.1, 0.15) is 0 Å². The van der Waals surface area contributed by atoms with Crippen molar-refractivity contribution in [3.63, 3.8) is 0 Å². The maximum atomic E-state index is 12.4. The molecule has 2 aliphatic rings. The Bertz CT molecular complexity index is 682. The summed E-state index contributed by atoms with van der Waals surface area (Å²) < 4.78 is 8.58. The zero-order valence-corrected chi connectivity index (χ0v) is 13.2. The first kappa shape index (κ1) is 14.2. The summed E-state index contributed by atoms with van der Waals surface area (Å²) in [6.07, 6.45) is 1.17. The molecule has 0 radical (unpaired) electrons. The second kappa shape index (κ2) is 5.58. The SMILES string of the molecule is CC1CC(C(=O)O)C(C(=O)Nc2cccc3c2N=[Se]=N3)C1. The van der Waals surface area contributed by atoms with Gasteiger partial charge in [0.15, 0.2) is 0 Å². The number of benzene rings is 1. The molecule has 1 aromatic carbocycles. The molecule has 21 heavy (non-hydrogen) atoms. The van der Waals surface area contributed by atoms with Crippen molar-refractivity contribution < 1.29 is 14.7 Å². The number of rotatable bonds is 3. The van der Waals surface area contributed by atoms with Crippen LogP contribution in [0.3, 0.4) is 0 Å². The number of aliphatic carboxylic acids is 1. The molecule has 0 saturated heterocycles. The van der Waals surface area contributed by atoms with Gasteiger partial charge in [-0.1, -0.05) is 0 Å². The van der Waals surface area contributed by atoms with Crippen molar-refractivity contribution in [3.8, 4) is 0 Å². The fourth-order valence-electron chi connectivity index (χ4n) is 2.99. The zero-order chi connectivity index (χ0) is 15.0. The number of hydrogen-bond donors (Lipinski definition) is 2. The van der Waals surface area contributed by atoms with Gasteiger partial charge in [-0.3, -0.25) is 0 Å². The summed E-state index contributed by atoms with van der Waals surface area (Å²) in [7, 11) is 0. The monoisotopic (exact) mass is 353 g/mol. The minimum atomic E-state index is -0.888. The molecule has 1 aromatic rings. The van der Waals surface area contributed by atoms with Crippen molar-refractivity contribution in [2.45, 2.75) is 19.8 Å². The molecular formula is C14H15N3O3Se. The summed E-state index contributed by atoms with van der Waals surface area (Å²) in [6.45, 7) is 1.99. The fraction of sp³-hybridized carbons (Fsp3) is 0.429. The van der Waals surface area contributed by atoms with Crippen LogP contribution in [0.1, 0.15) is 19.8 Å². The number of carbonyl (C=O) groups excluding carboxylic acids is 1. The maximum absolute atomic E-state index is 12.4. The van der Waals surface area contributed by atoms with Crippen LogP contribution in [-0.2, 0) is 9.59 Å². The van der Waals surface area contributed by atoms with Crippen LogP contribution >= 0.6 is 0 Å². The summed E-state index contributed by atoms with van der Waals surface area (Å²) >= 11 is -0.158. The van der Waals surface area contributed by atoms with Crippen molar-refractivity contribution in [3.05, 3.63) is 18.2 Å². The molecule has 2 N–H and O–H groups in total. The van der Waals surface area contributed by atoms with Crippen LogP contribution in [0, 0.1) is 17.8 Å². The zero-order valence-electron chi connectivity index (χ0n) is 11.4. The summed E-state index contributed by atoms with van der Waals surface area (Å²) in [5.41, 5.74) is 2.13. The van der Waals surface area contributed by atoms with Crippen LogP contribution in [0.4, 0.5) is 17.1 Å². The van der Waals surface area contributed by atoms with Crippen LogP contribution in [0.25, 0.3) is 0 Å². The average Bonchev–Trinajstić information content (AvgIpc) is 3.05. The number of carboxylic acid groups (broad SMARTS) is 1. The normalized spacial score (nSPS) is 26.2. The molecule has 0 bridgehead atoms. The van der Waals surface area contributed by atoms with E-state index in [0.29, 0.717) is 24.2 Å². The van der Waals surface area contributed by atoms with E-state index in [1.807, 2.05) is 19.1 Å². The Labute approximate surface area is 127 Å². The first-order valence-electron chi connectivity index (χ1n) is 6.81. The molecule has 0 aromatic heterocycles. The van der Waals surface area contributed by atoms with Gasteiger partial charge in [-0.05, 0) is 0 Å². The summed E-state index contributed by atoms with van der Waals surface area (Å²) in [6, 6.07) is 5.47. The molecule has 3 rings (SSSR count). The first-order chi connectivity index (χ1) is 10.1. The van der Waals surface area contributed by atoms with Gasteiger partial charge in [-0.25, -0.2) is 0 Å². The topological polar surface area (TPSA) is 91.1 Å². The third-order valence-corrected chi connectivity index (χ3v) is 5.13. The fourth-order valence-corrected chi connectivity index (χ4v) is 4.14. The Kier molecular flexibility index (Phi) is 3.78. The van der Waals surface area contributed by atoms with Crippen molar-refractivity contribution in [2.75, 3.05) is 5.32 Å². The van der Waals surface area contributed by atoms with Crippen molar-refractivity contribution in [2.24, 2.45) is 25.7 Å². The van der Waals surface area contributed by atoms with Gasteiger partial charge in [0.05, 0.1) is 0 Å². The second-order valence-electron chi connectivity index (χ2n) is 5.55. The molecule has 110 valence electrons. The van der Waals surface area contributed by atoms with Gasteiger partial charge in [0, 0.05) is 0 Å². The second-order valence-corrected chi connectivity index (χ2v) is 6.66. The van der Waals surface area contributed by atoms with Gasteiger partial charge >= 0.3 is 127 Å². The number of hydrogen-bond acceptors (Lipinski definition) is 4. The van der Waals surface area contributed by atoms with Gasteiger partial charge < -0.3 is 0 Å². The Morgan fingerprint density at radius 1 is 1.29 bits per heavy atom. The molecule has 3 unspecified atom stereocenters. The Morgan fingerprint density at radius 3 is 2.81 bits per heavy atom. The number of fused-ring (bicyclic) bond motifs is 1. The quantitative estimate of drug-likeness (QED) is 0.832. The van der Waals surface area contributed by atoms with Crippen LogP contribution in [0.5, 0.6) is 0 Å². The van der Waals surface area contributed by atoms with E-state index in [-0.39, 0.29) is 26.4 Å². The first-order valence-corrected chi connectivity index (χ1v) is 8.34. The minimum absolute atomic E-state index is 0.158. The van der Waals surface area contributed by atoms with Crippen LogP contribution in [-0.4, -0.2) is 31.6 Å². The standard InChI is InChI=1S/C14H15N3O3Se/c1-7-5-8(9(6-7)14(19)20)13(18)15-10-3-2-4-11-12(10)17-21-16-11/h2-4,7-9H,5-6H2,1H3,(H,15,18)(H,19,20). The Balaban J connectivity index is 1.80. The van der Waals surface area contributed by atoms with E-state index in [1.165, 1.54) is 0 Å². The number of carbonyl (C=O) groups is 2. The summed E-state index contributed by atoms with van der Waals surface area (Å²) in [5.74, 6) is -1.93. The Hall–Kier alpha value is -1.72. The van der Waals surface area contributed by atoms with Crippen molar-refractivity contribution in [1.82, 2.24) is 0 Å². The van der Waals surface area contributed by atoms with E-state index < -0.39 is 17.8 Å². The van der Waals surface area contributed by atoms with Crippen molar-refractivity contribution in [1.29, 1.82) is 0 Å². The van der Waals surface area contributed by atoms with E-state index in [2.05, 4.69) is 13.2 Å². The third kappa shape index (κ3) is 2.71. The molecule has 6 nitrogen and oxygen atoms in total.